The van der Waals surface area contributed by atoms with Gasteiger partial charge < -0.3 is 19.3 Å². The lowest BCUT2D eigenvalue weighted by Gasteiger charge is -2.22. The second-order valence-corrected chi connectivity index (χ2v) is 13.7. The summed E-state index contributed by atoms with van der Waals surface area (Å²) in [6.45, 7) is 8.57. The van der Waals surface area contributed by atoms with Crippen LogP contribution < -0.4 is 0 Å². The van der Waals surface area contributed by atoms with E-state index in [1.165, 1.54) is 0 Å². The summed E-state index contributed by atoms with van der Waals surface area (Å²) in [6, 6.07) is 0. The molecule has 4 atom stereocenters. The van der Waals surface area contributed by atoms with E-state index in [0.29, 0.717) is 0 Å². The summed E-state index contributed by atoms with van der Waals surface area (Å²) in [6.07, 6.45) is 15.2. The number of allylic oxidation sites excluding steroid dienone is 4. The first kappa shape index (κ1) is 26.0. The molecule has 0 bridgehead atoms. The molecular weight excluding hydrogens is 416 g/mol. The third-order valence-corrected chi connectivity index (χ3v) is 9.80. The Morgan fingerprint density at radius 3 is 2.23 bits per heavy atom. The highest BCUT2D eigenvalue weighted by molar-refractivity contribution is 7.96. The highest BCUT2D eigenvalue weighted by Crippen LogP contribution is 2.35. The molecule has 0 amide bonds. The Morgan fingerprint density at radius 2 is 1.60 bits per heavy atom. The fraction of sp³-hybridized carbons (Fsp3) is 0.750. The molecule has 0 radical (unpaired) electrons. The summed E-state index contributed by atoms with van der Waals surface area (Å²) < 4.78 is 25.5. The summed E-state index contributed by atoms with van der Waals surface area (Å²) in [4.78, 5) is 1.89. The molecule has 4 unspecified atom stereocenters. The van der Waals surface area contributed by atoms with Gasteiger partial charge >= 0.3 is 0 Å². The van der Waals surface area contributed by atoms with Crippen molar-refractivity contribution in [3.63, 3.8) is 0 Å². The Bertz CT molecular complexity index is 639. The van der Waals surface area contributed by atoms with Crippen molar-refractivity contribution in [1.82, 2.24) is 0 Å². The van der Waals surface area contributed by atoms with Gasteiger partial charge in [0.15, 0.2) is 0 Å². The second kappa shape index (κ2) is 11.6. The lowest BCUT2D eigenvalue weighted by atomic mass is 9.88. The highest BCUT2D eigenvalue weighted by Gasteiger charge is 2.33. The molecule has 4 nitrogen and oxygen atoms in total. The molecule has 0 fully saturated rings. The van der Waals surface area contributed by atoms with Gasteiger partial charge in [-0.2, -0.15) is 0 Å². The van der Waals surface area contributed by atoms with Crippen molar-refractivity contribution < 1.29 is 19.3 Å². The van der Waals surface area contributed by atoms with E-state index in [4.69, 9.17) is 0 Å². The Kier molecular flexibility index (Phi) is 10.0. The average molecular weight is 457 g/mol. The second-order valence-electron chi connectivity index (χ2n) is 10.3. The summed E-state index contributed by atoms with van der Waals surface area (Å²) >= 11 is -2.00. The third kappa shape index (κ3) is 7.72. The first-order valence-electron chi connectivity index (χ1n) is 11.2. The van der Waals surface area contributed by atoms with Gasteiger partial charge in [-0.25, -0.2) is 0 Å². The van der Waals surface area contributed by atoms with Gasteiger partial charge in [-0.15, -0.1) is 0 Å². The minimum Gasteiger partial charge on any atom is -0.611 e. The normalized spacial score (nSPS) is 27.7. The topological polar surface area (TPSA) is 86.6 Å². The molecule has 172 valence electrons. The molecule has 0 spiro atoms. The largest absolute Gasteiger partial charge is 0.611 e. The Morgan fingerprint density at radius 1 is 0.967 bits per heavy atom. The van der Waals surface area contributed by atoms with E-state index < -0.39 is 22.4 Å². The van der Waals surface area contributed by atoms with Crippen LogP contribution in [0, 0.1) is 10.8 Å². The number of rotatable bonds is 12. The number of hydrogen-bond acceptors (Lipinski definition) is 4. The van der Waals surface area contributed by atoms with Gasteiger partial charge in [0.25, 0.3) is 0 Å². The molecule has 2 heterocycles. The minimum absolute atomic E-state index is 0.0202. The van der Waals surface area contributed by atoms with E-state index in [1.54, 1.807) is 0 Å². The Hall–Kier alpha value is -0.240. The molecular formula is C24H40O4S2. The zero-order chi connectivity index (χ0) is 22.4. The lowest BCUT2D eigenvalue weighted by Crippen LogP contribution is -2.20. The highest BCUT2D eigenvalue weighted by atomic mass is 32.2. The number of hydrogen-bond donors (Lipinski definition) is 2. The van der Waals surface area contributed by atoms with Gasteiger partial charge in [-0.1, -0.05) is 27.7 Å². The quantitative estimate of drug-likeness (QED) is 0.416. The first-order valence-corrected chi connectivity index (χ1v) is 13.6. The maximum atomic E-state index is 12.8. The first-order chi connectivity index (χ1) is 14.1. The zero-order valence-corrected chi connectivity index (χ0v) is 20.7. The molecule has 2 N–H and O–H groups in total. The van der Waals surface area contributed by atoms with Crippen molar-refractivity contribution in [2.75, 3.05) is 13.2 Å². The SMILES string of the molecule is CC(C)(CO)CCCC1=CCC(C=CC2=CCC(CCCC(C)(C)CO)[S+]2[O-])[S+]1[O-]. The van der Waals surface area contributed by atoms with E-state index in [9.17, 15) is 19.3 Å². The summed E-state index contributed by atoms with van der Waals surface area (Å²) in [5.74, 6) is 0. The summed E-state index contributed by atoms with van der Waals surface area (Å²) in [5, 5.41) is 18.9. The predicted octanol–water partition coefficient (Wildman–Crippen LogP) is 4.73. The zero-order valence-electron chi connectivity index (χ0n) is 19.1. The molecule has 0 saturated carbocycles. The maximum Gasteiger partial charge on any atom is 0.149 e. The van der Waals surface area contributed by atoms with Crippen LogP contribution in [0.2, 0.25) is 0 Å². The van der Waals surface area contributed by atoms with Crippen molar-refractivity contribution in [1.29, 1.82) is 0 Å². The van der Waals surface area contributed by atoms with Crippen molar-refractivity contribution in [3.05, 3.63) is 34.1 Å². The van der Waals surface area contributed by atoms with Crippen LogP contribution in [0.15, 0.2) is 34.1 Å². The third-order valence-electron chi connectivity index (χ3n) is 6.22. The number of aliphatic hydroxyl groups excluding tert-OH is 2. The van der Waals surface area contributed by atoms with E-state index in [1.807, 2.05) is 12.2 Å². The number of aliphatic hydroxyl groups is 2. The molecule has 2 aliphatic rings. The maximum absolute atomic E-state index is 12.8. The molecule has 2 aliphatic heterocycles. The van der Waals surface area contributed by atoms with Crippen LogP contribution in [-0.4, -0.2) is 43.0 Å². The molecule has 0 aromatic rings. The van der Waals surface area contributed by atoms with Gasteiger partial charge in [0.05, 0.1) is 0 Å². The van der Waals surface area contributed by atoms with E-state index >= 15 is 0 Å². The van der Waals surface area contributed by atoms with Gasteiger partial charge in [0.2, 0.25) is 0 Å². The van der Waals surface area contributed by atoms with Crippen LogP contribution in [0.4, 0.5) is 0 Å². The van der Waals surface area contributed by atoms with Crippen molar-refractivity contribution in [3.8, 4) is 0 Å². The Balaban J connectivity index is 1.76. The standard InChI is InChI=1S/C24H40O4S2/c1-23(2,17-25)15-5-7-19-9-11-21(29(19)27)13-14-22-12-10-20(30(22)28)8-6-16-24(3,4)18-26/h9,12-14,20-21,25-26H,5-8,10-11,15-18H2,1-4H3. The minimum atomic E-state index is -1.00. The monoisotopic (exact) mass is 456 g/mol. The fourth-order valence-corrected chi connectivity index (χ4v) is 6.84. The smallest absolute Gasteiger partial charge is 0.149 e. The van der Waals surface area contributed by atoms with E-state index in [2.05, 4.69) is 39.8 Å². The lowest BCUT2D eigenvalue weighted by molar-refractivity contribution is 0.147. The summed E-state index contributed by atoms with van der Waals surface area (Å²) in [5.41, 5.74) is -0.148. The van der Waals surface area contributed by atoms with Crippen LogP contribution in [0.3, 0.4) is 0 Å². The molecule has 0 aromatic heterocycles. The van der Waals surface area contributed by atoms with Gasteiger partial charge in [-0.3, -0.25) is 0 Å². The molecule has 0 saturated heterocycles. The van der Waals surface area contributed by atoms with E-state index in [-0.39, 0.29) is 34.5 Å². The molecule has 6 heteroatoms. The van der Waals surface area contributed by atoms with Gasteiger partial charge in [-0.05, 0) is 89.6 Å². The van der Waals surface area contributed by atoms with Crippen molar-refractivity contribution in [2.24, 2.45) is 10.8 Å². The van der Waals surface area contributed by atoms with Crippen LogP contribution in [0.5, 0.6) is 0 Å². The van der Waals surface area contributed by atoms with Crippen LogP contribution in [0.1, 0.15) is 79.1 Å². The van der Waals surface area contributed by atoms with Crippen LogP contribution in [0.25, 0.3) is 0 Å². The Labute approximate surface area is 189 Å². The molecule has 30 heavy (non-hydrogen) atoms. The molecule has 2 rings (SSSR count). The summed E-state index contributed by atoms with van der Waals surface area (Å²) in [7, 11) is 0. The molecule has 0 aromatic carbocycles. The van der Waals surface area contributed by atoms with E-state index in [0.717, 1.165) is 61.2 Å². The predicted molar refractivity (Wildman–Crippen MR) is 128 cm³/mol. The van der Waals surface area contributed by atoms with Crippen molar-refractivity contribution in [2.45, 2.75) is 89.6 Å². The van der Waals surface area contributed by atoms with Crippen LogP contribution in [-0.2, 0) is 22.4 Å². The van der Waals surface area contributed by atoms with Gasteiger partial charge in [0, 0.05) is 32.5 Å². The molecule has 0 aliphatic carbocycles. The average Bonchev–Trinajstić information content (AvgIpc) is 3.23. The fourth-order valence-electron chi connectivity index (χ4n) is 3.84. The van der Waals surface area contributed by atoms with Gasteiger partial charge in [0.1, 0.15) is 20.3 Å². The van der Waals surface area contributed by atoms with Crippen molar-refractivity contribution >= 4 is 22.4 Å². The van der Waals surface area contributed by atoms with Crippen LogP contribution >= 0.6 is 0 Å².